The molecule has 2 N–H and O–H groups in total. The van der Waals surface area contributed by atoms with Crippen molar-refractivity contribution in [2.45, 2.75) is 5.92 Å². The van der Waals surface area contributed by atoms with Gasteiger partial charge in [0.05, 0.1) is 6.61 Å². The minimum Gasteiger partial charge on any atom is -0.395 e. The summed E-state index contributed by atoms with van der Waals surface area (Å²) >= 11 is 0. The maximum absolute atomic E-state index is 13.0. The van der Waals surface area contributed by atoms with Crippen LogP contribution in [0.3, 0.4) is 0 Å². The van der Waals surface area contributed by atoms with E-state index in [1.54, 1.807) is 12.1 Å². The molecule has 1 unspecified atom stereocenters. The standard InChI is InChI=1S/C16H14FNO/c17-12-7-5-11(6-8-12)15(10-19)14-9-18-16-4-2-1-3-13(14)16/h1-9,15,18-19H,10H2. The lowest BCUT2D eigenvalue weighted by molar-refractivity contribution is 0.281. The van der Waals surface area contributed by atoms with Gasteiger partial charge in [-0.15, -0.1) is 0 Å². The second-order valence-corrected chi connectivity index (χ2v) is 4.58. The first kappa shape index (κ1) is 11.9. The van der Waals surface area contributed by atoms with Gasteiger partial charge in [-0.3, -0.25) is 0 Å². The maximum Gasteiger partial charge on any atom is 0.123 e. The fourth-order valence-corrected chi connectivity index (χ4v) is 2.46. The lowest BCUT2D eigenvalue weighted by Crippen LogP contribution is -2.05. The third-order valence-electron chi connectivity index (χ3n) is 3.45. The van der Waals surface area contributed by atoms with Gasteiger partial charge >= 0.3 is 0 Å². The van der Waals surface area contributed by atoms with Gasteiger partial charge in [0.1, 0.15) is 5.82 Å². The van der Waals surface area contributed by atoms with Gasteiger partial charge < -0.3 is 10.1 Å². The Hall–Kier alpha value is -2.13. The molecule has 3 rings (SSSR count). The molecule has 0 spiro atoms. The van der Waals surface area contributed by atoms with Gasteiger partial charge in [-0.05, 0) is 29.3 Å². The van der Waals surface area contributed by atoms with Crippen LogP contribution in [0, 0.1) is 5.82 Å². The summed E-state index contributed by atoms with van der Waals surface area (Å²) < 4.78 is 13.0. The van der Waals surface area contributed by atoms with Crippen LogP contribution in [0.1, 0.15) is 17.0 Å². The fraction of sp³-hybridized carbons (Fsp3) is 0.125. The average molecular weight is 255 g/mol. The predicted molar refractivity (Wildman–Crippen MR) is 73.6 cm³/mol. The van der Waals surface area contributed by atoms with Crippen LogP contribution in [0.4, 0.5) is 4.39 Å². The molecule has 3 aromatic rings. The molecular weight excluding hydrogens is 241 g/mol. The molecule has 96 valence electrons. The molecular formula is C16H14FNO. The molecule has 0 radical (unpaired) electrons. The summed E-state index contributed by atoms with van der Waals surface area (Å²) in [5.41, 5.74) is 2.98. The van der Waals surface area contributed by atoms with Crippen molar-refractivity contribution in [3.05, 3.63) is 71.7 Å². The summed E-state index contributed by atoms with van der Waals surface area (Å²) in [4.78, 5) is 3.20. The summed E-state index contributed by atoms with van der Waals surface area (Å²) in [6.07, 6.45) is 1.91. The van der Waals surface area contributed by atoms with Crippen LogP contribution >= 0.6 is 0 Å². The molecule has 0 bridgehead atoms. The monoisotopic (exact) mass is 255 g/mol. The normalized spacial score (nSPS) is 12.7. The first-order valence-electron chi connectivity index (χ1n) is 6.22. The number of hydrogen-bond donors (Lipinski definition) is 2. The van der Waals surface area contributed by atoms with Crippen LogP contribution < -0.4 is 0 Å². The highest BCUT2D eigenvalue weighted by atomic mass is 19.1. The molecule has 1 aromatic heterocycles. The van der Waals surface area contributed by atoms with Crippen molar-refractivity contribution in [1.29, 1.82) is 0 Å². The molecule has 2 aromatic carbocycles. The number of aromatic amines is 1. The van der Waals surface area contributed by atoms with Gasteiger partial charge in [0, 0.05) is 23.0 Å². The summed E-state index contributed by atoms with van der Waals surface area (Å²) in [6, 6.07) is 14.2. The Morgan fingerprint density at radius 3 is 2.53 bits per heavy atom. The Morgan fingerprint density at radius 1 is 1.05 bits per heavy atom. The topological polar surface area (TPSA) is 36.0 Å². The minimum atomic E-state index is -0.264. The number of rotatable bonds is 3. The fourth-order valence-electron chi connectivity index (χ4n) is 2.46. The largest absolute Gasteiger partial charge is 0.395 e. The van der Waals surface area contributed by atoms with E-state index in [1.165, 1.54) is 12.1 Å². The van der Waals surface area contributed by atoms with E-state index in [0.717, 1.165) is 22.0 Å². The third-order valence-corrected chi connectivity index (χ3v) is 3.45. The summed E-state index contributed by atoms with van der Waals surface area (Å²) in [7, 11) is 0. The predicted octanol–water partition coefficient (Wildman–Crippen LogP) is 3.43. The number of hydrogen-bond acceptors (Lipinski definition) is 1. The van der Waals surface area contributed by atoms with E-state index in [1.807, 2.05) is 30.5 Å². The van der Waals surface area contributed by atoms with Gasteiger partial charge in [-0.2, -0.15) is 0 Å². The van der Waals surface area contributed by atoms with Crippen molar-refractivity contribution in [2.24, 2.45) is 0 Å². The molecule has 3 heteroatoms. The van der Waals surface area contributed by atoms with Gasteiger partial charge in [0.15, 0.2) is 0 Å². The van der Waals surface area contributed by atoms with Crippen molar-refractivity contribution in [2.75, 3.05) is 6.61 Å². The molecule has 0 aliphatic rings. The van der Waals surface area contributed by atoms with E-state index in [9.17, 15) is 9.50 Å². The van der Waals surface area contributed by atoms with E-state index in [2.05, 4.69) is 4.98 Å². The number of para-hydroxylation sites is 1. The highest BCUT2D eigenvalue weighted by Gasteiger charge is 2.16. The number of aliphatic hydroxyl groups excluding tert-OH is 1. The lowest BCUT2D eigenvalue weighted by atomic mass is 9.92. The van der Waals surface area contributed by atoms with Crippen molar-refractivity contribution in [3.8, 4) is 0 Å². The Bertz CT molecular complexity index is 687. The number of H-pyrrole nitrogens is 1. The first-order valence-corrected chi connectivity index (χ1v) is 6.22. The van der Waals surface area contributed by atoms with Crippen molar-refractivity contribution < 1.29 is 9.50 Å². The molecule has 0 aliphatic carbocycles. The van der Waals surface area contributed by atoms with Crippen molar-refractivity contribution in [3.63, 3.8) is 0 Å². The van der Waals surface area contributed by atoms with Gasteiger partial charge in [0.25, 0.3) is 0 Å². The first-order chi connectivity index (χ1) is 9.29. The number of aromatic nitrogens is 1. The summed E-state index contributed by atoms with van der Waals surface area (Å²) in [6.45, 7) is -0.00647. The van der Waals surface area contributed by atoms with E-state index < -0.39 is 0 Å². The smallest absolute Gasteiger partial charge is 0.123 e. The number of aliphatic hydroxyl groups is 1. The highest BCUT2D eigenvalue weighted by molar-refractivity contribution is 5.84. The van der Waals surface area contributed by atoms with E-state index >= 15 is 0 Å². The molecule has 0 fully saturated rings. The van der Waals surface area contributed by atoms with Gasteiger partial charge in [-0.25, -0.2) is 4.39 Å². The Kier molecular flexibility index (Phi) is 3.05. The zero-order valence-electron chi connectivity index (χ0n) is 10.3. The Morgan fingerprint density at radius 2 is 1.79 bits per heavy atom. The van der Waals surface area contributed by atoms with Crippen LogP contribution in [0.5, 0.6) is 0 Å². The van der Waals surface area contributed by atoms with E-state index in [0.29, 0.717) is 0 Å². The summed E-state index contributed by atoms with van der Waals surface area (Å²) in [5, 5.41) is 10.8. The number of halogens is 1. The van der Waals surface area contributed by atoms with Crippen molar-refractivity contribution >= 4 is 10.9 Å². The lowest BCUT2D eigenvalue weighted by Gasteiger charge is -2.14. The van der Waals surface area contributed by atoms with Gasteiger partial charge in [-0.1, -0.05) is 30.3 Å². The summed E-state index contributed by atoms with van der Waals surface area (Å²) in [5.74, 6) is -0.406. The van der Waals surface area contributed by atoms with Crippen LogP contribution in [-0.2, 0) is 0 Å². The molecule has 1 atom stereocenters. The number of nitrogens with one attached hydrogen (secondary N) is 1. The molecule has 0 saturated heterocycles. The SMILES string of the molecule is OCC(c1ccc(F)cc1)c1c[nH]c2ccccc12. The average Bonchev–Trinajstić information content (AvgIpc) is 2.86. The quantitative estimate of drug-likeness (QED) is 0.739. The van der Waals surface area contributed by atoms with Crippen LogP contribution in [-0.4, -0.2) is 16.7 Å². The second kappa shape index (κ2) is 4.86. The molecule has 19 heavy (non-hydrogen) atoms. The molecule has 1 heterocycles. The van der Waals surface area contributed by atoms with Crippen LogP contribution in [0.25, 0.3) is 10.9 Å². The number of fused-ring (bicyclic) bond motifs is 1. The third kappa shape index (κ3) is 2.13. The van der Waals surface area contributed by atoms with Crippen LogP contribution in [0.15, 0.2) is 54.7 Å². The zero-order chi connectivity index (χ0) is 13.2. The second-order valence-electron chi connectivity index (χ2n) is 4.58. The molecule has 0 saturated carbocycles. The Labute approximate surface area is 110 Å². The van der Waals surface area contributed by atoms with E-state index in [-0.39, 0.29) is 18.3 Å². The van der Waals surface area contributed by atoms with Gasteiger partial charge in [0.2, 0.25) is 0 Å². The maximum atomic E-state index is 13.0. The molecule has 0 amide bonds. The molecule has 0 aliphatic heterocycles. The van der Waals surface area contributed by atoms with Crippen LogP contribution in [0.2, 0.25) is 0 Å². The zero-order valence-corrected chi connectivity index (χ0v) is 10.3. The number of benzene rings is 2. The van der Waals surface area contributed by atoms with E-state index in [4.69, 9.17) is 0 Å². The minimum absolute atomic E-state index is 0.00647. The highest BCUT2D eigenvalue weighted by Crippen LogP contribution is 2.30. The molecule has 2 nitrogen and oxygen atoms in total. The van der Waals surface area contributed by atoms with Crippen molar-refractivity contribution in [1.82, 2.24) is 4.98 Å². The Balaban J connectivity index is 2.09.